The smallest absolute Gasteiger partial charge is 0.264 e. The molecule has 2 spiro atoms. The highest BCUT2D eigenvalue weighted by Crippen LogP contribution is 2.61. The predicted molar refractivity (Wildman–Crippen MR) is 190 cm³/mol. The van der Waals surface area contributed by atoms with Gasteiger partial charge in [-0.05, 0) is 82.2 Å². The molecule has 10 nitrogen and oxygen atoms in total. The molecule has 4 fully saturated rings. The number of amides is 3. The van der Waals surface area contributed by atoms with Crippen LogP contribution < -0.4 is 20.0 Å². The van der Waals surface area contributed by atoms with Crippen LogP contribution in [0.4, 0.5) is 21.2 Å². The van der Waals surface area contributed by atoms with E-state index in [-0.39, 0.29) is 43.3 Å². The van der Waals surface area contributed by atoms with Gasteiger partial charge in [0.05, 0.1) is 37.5 Å². The molecule has 7 rings (SSSR count). The molecule has 0 aliphatic carbocycles. The summed E-state index contributed by atoms with van der Waals surface area (Å²) in [5.41, 5.74) is -0.00131. The van der Waals surface area contributed by atoms with E-state index >= 15 is 4.11 Å². The number of anilines is 3. The van der Waals surface area contributed by atoms with Crippen molar-refractivity contribution in [3.63, 3.8) is 0 Å². The number of aliphatic hydroxyl groups is 1. The molecular weight excluding hydrogens is 642 g/mol. The summed E-state index contributed by atoms with van der Waals surface area (Å²) in [5.74, 6) is -1.05. The SMILES string of the molecule is C=CCN1C(=O)[C@]2(O[C@H](CC(=O)N3CCC[C@H]3CO)[C@@H]([Si](C)(C)F)[C@@H]2C)c2cc(N3CN(c4ccccc4)C4(CCNCC4)C3=O)ccc21. The zero-order valence-electron chi connectivity index (χ0n) is 28.7. The molecule has 49 heavy (non-hydrogen) atoms. The second-order valence-corrected chi connectivity index (χ2v) is 18.7. The van der Waals surface area contributed by atoms with E-state index in [9.17, 15) is 19.5 Å². The normalized spacial score (nSPS) is 29.5. The highest BCUT2D eigenvalue weighted by Gasteiger charge is 2.67. The molecule has 0 aromatic heterocycles. The maximum absolute atomic E-state index is 16.4. The lowest BCUT2D eigenvalue weighted by Gasteiger charge is -2.39. The van der Waals surface area contributed by atoms with Gasteiger partial charge in [0.1, 0.15) is 5.54 Å². The number of halogens is 1. The minimum atomic E-state index is -3.50. The van der Waals surface area contributed by atoms with Crippen molar-refractivity contribution in [1.82, 2.24) is 10.2 Å². The Balaban J connectivity index is 1.29. The molecule has 5 heterocycles. The molecule has 5 aliphatic rings. The standard InChI is InChI=1S/C37H48FN5O5Si/c1-5-19-41-30-14-13-27(42-24-43(26-10-7-6-8-11-26)36(34(42)46)15-17-39-18-16-36)21-29(30)37(35(41)47)25(2)33(49(3,4)38)31(48-37)22-32(45)40-20-9-12-28(40)23-44/h5-8,10-11,13-14,21,25,28,31,33,39,44H,1,9,12,15-20,22-24H2,2-4H3/t25-,28-,31+,33-,37+/m0/s1. The zero-order chi connectivity index (χ0) is 34.7. The molecule has 0 bridgehead atoms. The van der Waals surface area contributed by atoms with Crippen LogP contribution in [-0.2, 0) is 24.7 Å². The molecule has 0 saturated carbocycles. The first-order valence-corrected chi connectivity index (χ1v) is 20.6. The van der Waals surface area contributed by atoms with Crippen molar-refractivity contribution in [1.29, 1.82) is 0 Å². The van der Waals surface area contributed by atoms with Gasteiger partial charge in [-0.15, -0.1) is 6.58 Å². The Morgan fingerprint density at radius 1 is 1.12 bits per heavy atom. The van der Waals surface area contributed by atoms with Crippen molar-refractivity contribution < 1.29 is 28.3 Å². The van der Waals surface area contributed by atoms with Crippen molar-refractivity contribution >= 4 is 43.2 Å². The predicted octanol–water partition coefficient (Wildman–Crippen LogP) is 4.30. The third-order valence-electron chi connectivity index (χ3n) is 11.8. The van der Waals surface area contributed by atoms with E-state index in [4.69, 9.17) is 4.74 Å². The number of piperidine rings is 1. The Morgan fingerprint density at radius 3 is 2.53 bits per heavy atom. The fourth-order valence-electron chi connectivity index (χ4n) is 9.52. The van der Waals surface area contributed by atoms with Gasteiger partial charge in [0, 0.05) is 41.5 Å². The van der Waals surface area contributed by atoms with E-state index in [1.165, 1.54) is 0 Å². The van der Waals surface area contributed by atoms with Gasteiger partial charge in [-0.2, -0.15) is 0 Å². The summed E-state index contributed by atoms with van der Waals surface area (Å²) in [5, 5.41) is 13.3. The first-order valence-electron chi connectivity index (χ1n) is 17.7. The third-order valence-corrected chi connectivity index (χ3v) is 14.3. The molecule has 4 saturated heterocycles. The van der Waals surface area contributed by atoms with E-state index in [1.807, 2.05) is 55.5 Å². The van der Waals surface area contributed by atoms with Crippen molar-refractivity contribution in [3.05, 3.63) is 66.7 Å². The number of hydrogen-bond donors (Lipinski definition) is 2. The number of fused-ring (bicyclic) bond motifs is 2. The maximum Gasteiger partial charge on any atom is 0.264 e. The Kier molecular flexibility index (Phi) is 8.74. The van der Waals surface area contributed by atoms with Crippen molar-refractivity contribution in [2.75, 3.05) is 54.2 Å². The number of para-hydroxylation sites is 1. The molecule has 3 amide bonds. The summed E-state index contributed by atoms with van der Waals surface area (Å²) >= 11 is 0. The number of nitrogens with zero attached hydrogens (tertiary/aromatic N) is 4. The number of carbonyl (C=O) groups is 3. The van der Waals surface area contributed by atoms with Gasteiger partial charge in [0.25, 0.3) is 11.8 Å². The molecule has 2 N–H and O–H groups in total. The summed E-state index contributed by atoms with van der Waals surface area (Å²) in [4.78, 5) is 50.2. The van der Waals surface area contributed by atoms with Crippen LogP contribution in [0.1, 0.15) is 44.6 Å². The van der Waals surface area contributed by atoms with Crippen LogP contribution in [0.25, 0.3) is 0 Å². The topological polar surface area (TPSA) is 106 Å². The van der Waals surface area contributed by atoms with Gasteiger partial charge >= 0.3 is 0 Å². The van der Waals surface area contributed by atoms with E-state index in [1.54, 1.807) is 33.9 Å². The summed E-state index contributed by atoms with van der Waals surface area (Å²) < 4.78 is 23.3. The van der Waals surface area contributed by atoms with Crippen molar-refractivity contribution in [2.45, 2.75) is 80.9 Å². The van der Waals surface area contributed by atoms with Crippen molar-refractivity contribution in [3.8, 4) is 0 Å². The zero-order valence-corrected chi connectivity index (χ0v) is 29.7. The Morgan fingerprint density at radius 2 is 1.86 bits per heavy atom. The van der Waals surface area contributed by atoms with Crippen LogP contribution in [0.3, 0.4) is 0 Å². The Hall–Kier alpha value is -3.58. The van der Waals surface area contributed by atoms with Gasteiger partial charge in [-0.1, -0.05) is 31.2 Å². The second-order valence-electron chi connectivity index (χ2n) is 14.9. The summed E-state index contributed by atoms with van der Waals surface area (Å²) in [7, 11) is -3.50. The van der Waals surface area contributed by atoms with Gasteiger partial charge in [0.2, 0.25) is 14.3 Å². The molecule has 2 aromatic rings. The highest BCUT2D eigenvalue weighted by atomic mass is 28.4. The summed E-state index contributed by atoms with van der Waals surface area (Å²) in [6, 6.07) is 15.4. The largest absolute Gasteiger partial charge is 0.394 e. The molecule has 0 unspecified atom stereocenters. The fraction of sp³-hybridized carbons (Fsp3) is 0.541. The highest BCUT2D eigenvalue weighted by molar-refractivity contribution is 6.72. The molecular formula is C37H48FN5O5Si. The van der Waals surface area contributed by atoms with Crippen LogP contribution in [0.15, 0.2) is 61.2 Å². The van der Waals surface area contributed by atoms with Crippen LogP contribution >= 0.6 is 0 Å². The number of ether oxygens (including phenoxy) is 1. The lowest BCUT2D eigenvalue weighted by molar-refractivity contribution is -0.149. The van der Waals surface area contributed by atoms with Crippen LogP contribution in [0.2, 0.25) is 18.6 Å². The number of likely N-dealkylation sites (tertiary alicyclic amines) is 1. The Labute approximate surface area is 289 Å². The van der Waals surface area contributed by atoms with E-state index in [0.717, 1.165) is 31.6 Å². The van der Waals surface area contributed by atoms with Crippen LogP contribution in [0.5, 0.6) is 0 Å². The van der Waals surface area contributed by atoms with E-state index in [0.29, 0.717) is 43.0 Å². The third kappa shape index (κ3) is 5.25. The quantitative estimate of drug-likeness (QED) is 0.242. The van der Waals surface area contributed by atoms with Gasteiger partial charge in [-0.25, -0.2) is 0 Å². The van der Waals surface area contributed by atoms with E-state index < -0.39 is 37.1 Å². The average Bonchev–Trinajstić information content (AvgIpc) is 3.81. The monoisotopic (exact) mass is 689 g/mol. The number of carbonyl (C=O) groups excluding carboxylic acids is 3. The number of benzene rings is 2. The molecule has 0 radical (unpaired) electrons. The minimum absolute atomic E-state index is 0.0159. The lowest BCUT2D eigenvalue weighted by atomic mass is 9.82. The lowest BCUT2D eigenvalue weighted by Crippen LogP contribution is -2.55. The molecule has 262 valence electrons. The maximum atomic E-state index is 16.4. The van der Waals surface area contributed by atoms with Crippen molar-refractivity contribution in [2.24, 2.45) is 5.92 Å². The number of hydrogen-bond acceptors (Lipinski definition) is 7. The average molecular weight is 690 g/mol. The molecule has 12 heteroatoms. The summed E-state index contributed by atoms with van der Waals surface area (Å²) in [6.45, 7) is 11.5. The minimum Gasteiger partial charge on any atom is -0.394 e. The van der Waals surface area contributed by atoms with E-state index in [2.05, 4.69) is 16.8 Å². The number of rotatable bonds is 8. The fourth-order valence-corrected chi connectivity index (χ4v) is 12.0. The van der Waals surface area contributed by atoms with Gasteiger partial charge < -0.3 is 34.0 Å². The van der Waals surface area contributed by atoms with Gasteiger partial charge in [0.15, 0.2) is 5.60 Å². The molecule has 5 aliphatic heterocycles. The number of aliphatic hydroxyl groups excluding tert-OH is 1. The summed E-state index contributed by atoms with van der Waals surface area (Å²) in [6.07, 6.45) is 3.63. The first-order chi connectivity index (χ1) is 23.5. The second kappa shape index (κ2) is 12.6. The van der Waals surface area contributed by atoms with Crippen LogP contribution in [-0.4, -0.2) is 93.3 Å². The Bertz CT molecular complexity index is 1630. The van der Waals surface area contributed by atoms with Crippen LogP contribution in [0, 0.1) is 5.92 Å². The number of nitrogens with one attached hydrogen (secondary N) is 1. The first kappa shape index (κ1) is 33.9. The van der Waals surface area contributed by atoms with Gasteiger partial charge in [-0.3, -0.25) is 19.3 Å². The molecule has 2 aromatic carbocycles. The molecule has 5 atom stereocenters.